The third-order valence-electron chi connectivity index (χ3n) is 4.35. The van der Waals surface area contributed by atoms with Gasteiger partial charge in [-0.1, -0.05) is 6.07 Å². The number of rotatable bonds is 10. The highest BCUT2D eigenvalue weighted by Gasteiger charge is 2.12. The van der Waals surface area contributed by atoms with Gasteiger partial charge in [-0.25, -0.2) is 9.38 Å². The van der Waals surface area contributed by atoms with E-state index in [0.717, 1.165) is 31.2 Å². The SMILES string of the molecule is CCNC(=NCc1ccc(F)c(CN(C)C)c1)NCCN(C(C)C)C(C)C.I. The average Bonchev–Trinajstić information content (AvgIpc) is 2.57. The zero-order valence-corrected chi connectivity index (χ0v) is 20.9. The van der Waals surface area contributed by atoms with Crippen molar-refractivity contribution in [3.8, 4) is 0 Å². The summed E-state index contributed by atoms with van der Waals surface area (Å²) in [6.07, 6.45) is 0. The van der Waals surface area contributed by atoms with E-state index >= 15 is 0 Å². The molecule has 1 aromatic rings. The highest BCUT2D eigenvalue weighted by atomic mass is 127. The molecule has 0 amide bonds. The molecule has 0 saturated heterocycles. The van der Waals surface area contributed by atoms with Gasteiger partial charge in [0, 0.05) is 43.8 Å². The van der Waals surface area contributed by atoms with Crippen LogP contribution in [0.5, 0.6) is 0 Å². The maximum absolute atomic E-state index is 13.9. The lowest BCUT2D eigenvalue weighted by atomic mass is 10.1. The van der Waals surface area contributed by atoms with Crippen LogP contribution in [0.25, 0.3) is 0 Å². The molecular weight excluding hydrogens is 468 g/mol. The van der Waals surface area contributed by atoms with Gasteiger partial charge < -0.3 is 15.5 Å². The van der Waals surface area contributed by atoms with Gasteiger partial charge in [-0.05, 0) is 66.4 Å². The molecule has 0 spiro atoms. The summed E-state index contributed by atoms with van der Waals surface area (Å²) in [5.74, 6) is 0.632. The molecule has 0 fully saturated rings. The summed E-state index contributed by atoms with van der Waals surface area (Å²) in [5.41, 5.74) is 1.71. The first-order valence-electron chi connectivity index (χ1n) is 9.94. The third-order valence-corrected chi connectivity index (χ3v) is 4.35. The van der Waals surface area contributed by atoms with Crippen molar-refractivity contribution in [1.29, 1.82) is 0 Å². The molecule has 0 saturated carbocycles. The second kappa shape index (κ2) is 14.1. The number of benzene rings is 1. The van der Waals surface area contributed by atoms with E-state index in [1.807, 2.05) is 25.1 Å². The predicted octanol–water partition coefficient (Wildman–Crippen LogP) is 3.68. The van der Waals surface area contributed by atoms with E-state index in [0.29, 0.717) is 30.7 Å². The molecule has 28 heavy (non-hydrogen) atoms. The lowest BCUT2D eigenvalue weighted by molar-refractivity contribution is 0.178. The average molecular weight is 507 g/mol. The van der Waals surface area contributed by atoms with Gasteiger partial charge in [0.2, 0.25) is 0 Å². The summed E-state index contributed by atoms with van der Waals surface area (Å²) in [4.78, 5) is 9.07. The molecule has 0 bridgehead atoms. The Labute approximate surface area is 188 Å². The molecule has 162 valence electrons. The molecule has 0 radical (unpaired) electrons. The minimum atomic E-state index is -0.163. The first kappa shape index (κ1) is 27.1. The molecule has 0 aliphatic carbocycles. The first-order valence-corrected chi connectivity index (χ1v) is 9.94. The fraction of sp³-hybridized carbons (Fsp3) is 0.667. The van der Waals surface area contributed by atoms with E-state index < -0.39 is 0 Å². The normalized spacial score (nSPS) is 12.1. The standard InChI is InChI=1S/C21H38FN5.HI/c1-8-23-21(24-11-12-27(16(2)3)17(4)5)25-14-18-9-10-20(22)19(13-18)15-26(6)7;/h9-10,13,16-17H,8,11-12,14-15H2,1-7H3,(H2,23,24,25);1H. The Balaban J connectivity index is 0.00000729. The lowest BCUT2D eigenvalue weighted by Gasteiger charge is -2.30. The quantitative estimate of drug-likeness (QED) is 0.288. The van der Waals surface area contributed by atoms with Crippen LogP contribution >= 0.6 is 24.0 Å². The van der Waals surface area contributed by atoms with Crippen LogP contribution in [-0.4, -0.2) is 61.6 Å². The van der Waals surface area contributed by atoms with Gasteiger partial charge in [-0.15, -0.1) is 24.0 Å². The Morgan fingerprint density at radius 3 is 2.29 bits per heavy atom. The zero-order chi connectivity index (χ0) is 20.4. The highest BCUT2D eigenvalue weighted by molar-refractivity contribution is 14.0. The summed E-state index contributed by atoms with van der Waals surface area (Å²) in [7, 11) is 3.88. The predicted molar refractivity (Wildman–Crippen MR) is 129 cm³/mol. The van der Waals surface area contributed by atoms with Crippen molar-refractivity contribution < 1.29 is 4.39 Å². The summed E-state index contributed by atoms with van der Waals surface area (Å²) in [6, 6.07) is 6.27. The smallest absolute Gasteiger partial charge is 0.191 e. The van der Waals surface area contributed by atoms with Crippen molar-refractivity contribution in [2.45, 2.75) is 59.8 Å². The number of aliphatic imine (C=N–C) groups is 1. The van der Waals surface area contributed by atoms with Crippen LogP contribution in [0.15, 0.2) is 23.2 Å². The van der Waals surface area contributed by atoms with Gasteiger partial charge in [-0.2, -0.15) is 0 Å². The van der Waals surface area contributed by atoms with Crippen LogP contribution in [0.3, 0.4) is 0 Å². The Hall–Kier alpha value is -0.930. The fourth-order valence-corrected chi connectivity index (χ4v) is 3.12. The van der Waals surface area contributed by atoms with Crippen LogP contribution in [0.2, 0.25) is 0 Å². The topological polar surface area (TPSA) is 42.9 Å². The molecule has 0 aliphatic heterocycles. The van der Waals surface area contributed by atoms with Crippen LogP contribution in [0.4, 0.5) is 4.39 Å². The second-order valence-electron chi connectivity index (χ2n) is 7.71. The van der Waals surface area contributed by atoms with E-state index in [1.54, 1.807) is 6.07 Å². The number of hydrogen-bond acceptors (Lipinski definition) is 3. The van der Waals surface area contributed by atoms with E-state index in [1.165, 1.54) is 6.07 Å². The molecule has 0 unspecified atom stereocenters. The van der Waals surface area contributed by atoms with E-state index in [9.17, 15) is 4.39 Å². The number of guanidine groups is 1. The monoisotopic (exact) mass is 507 g/mol. The van der Waals surface area contributed by atoms with Crippen molar-refractivity contribution in [1.82, 2.24) is 20.4 Å². The van der Waals surface area contributed by atoms with Crippen molar-refractivity contribution in [2.75, 3.05) is 33.7 Å². The van der Waals surface area contributed by atoms with Crippen molar-refractivity contribution in [3.63, 3.8) is 0 Å². The van der Waals surface area contributed by atoms with Gasteiger partial charge >= 0.3 is 0 Å². The Kier molecular flexibility index (Phi) is 13.6. The minimum Gasteiger partial charge on any atom is -0.357 e. The molecule has 5 nitrogen and oxygen atoms in total. The van der Waals surface area contributed by atoms with Gasteiger partial charge in [0.1, 0.15) is 5.82 Å². The second-order valence-corrected chi connectivity index (χ2v) is 7.71. The van der Waals surface area contributed by atoms with Gasteiger partial charge in [-0.3, -0.25) is 4.90 Å². The largest absolute Gasteiger partial charge is 0.357 e. The zero-order valence-electron chi connectivity index (χ0n) is 18.6. The number of nitrogens with zero attached hydrogens (tertiary/aromatic N) is 3. The number of hydrogen-bond donors (Lipinski definition) is 2. The lowest BCUT2D eigenvalue weighted by Crippen LogP contribution is -2.45. The molecule has 7 heteroatoms. The molecule has 0 aliphatic rings. The molecule has 0 aromatic heterocycles. The number of halogens is 2. The Morgan fingerprint density at radius 2 is 1.75 bits per heavy atom. The van der Waals surface area contributed by atoms with E-state index in [2.05, 4.69) is 55.1 Å². The summed E-state index contributed by atoms with van der Waals surface area (Å²) in [6.45, 7) is 14.6. The van der Waals surface area contributed by atoms with Crippen molar-refractivity contribution >= 4 is 29.9 Å². The van der Waals surface area contributed by atoms with Crippen LogP contribution < -0.4 is 10.6 Å². The van der Waals surface area contributed by atoms with Crippen molar-refractivity contribution in [3.05, 3.63) is 35.1 Å². The summed E-state index contributed by atoms with van der Waals surface area (Å²) in [5, 5.41) is 6.69. The molecule has 1 aromatic carbocycles. The number of nitrogens with one attached hydrogen (secondary N) is 2. The minimum absolute atomic E-state index is 0. The van der Waals surface area contributed by atoms with Gasteiger partial charge in [0.05, 0.1) is 6.54 Å². The highest BCUT2D eigenvalue weighted by Crippen LogP contribution is 2.13. The molecule has 2 N–H and O–H groups in total. The van der Waals surface area contributed by atoms with Gasteiger partial charge in [0.15, 0.2) is 5.96 Å². The van der Waals surface area contributed by atoms with Crippen LogP contribution in [0.1, 0.15) is 45.7 Å². The van der Waals surface area contributed by atoms with Gasteiger partial charge in [0.25, 0.3) is 0 Å². The van der Waals surface area contributed by atoms with E-state index in [-0.39, 0.29) is 29.8 Å². The molecule has 0 heterocycles. The maximum atomic E-state index is 13.9. The molecular formula is C21H39FIN5. The Bertz CT molecular complexity index is 582. The summed E-state index contributed by atoms with van der Waals surface area (Å²) < 4.78 is 13.9. The fourth-order valence-electron chi connectivity index (χ4n) is 3.12. The summed E-state index contributed by atoms with van der Waals surface area (Å²) >= 11 is 0. The van der Waals surface area contributed by atoms with E-state index in [4.69, 9.17) is 0 Å². The first-order chi connectivity index (χ1) is 12.7. The van der Waals surface area contributed by atoms with Crippen LogP contribution in [-0.2, 0) is 13.1 Å². The molecule has 1 rings (SSSR count). The third kappa shape index (κ3) is 10.0. The van der Waals surface area contributed by atoms with Crippen molar-refractivity contribution in [2.24, 2.45) is 4.99 Å². The maximum Gasteiger partial charge on any atom is 0.191 e. The van der Waals surface area contributed by atoms with Crippen LogP contribution in [0, 0.1) is 5.82 Å². The molecule has 0 atom stereocenters. The Morgan fingerprint density at radius 1 is 1.11 bits per heavy atom.